The molecule has 3 heteroatoms. The summed E-state index contributed by atoms with van der Waals surface area (Å²) < 4.78 is 0. The van der Waals surface area contributed by atoms with Gasteiger partial charge in [0.1, 0.15) is 6.04 Å². The molecule has 1 aliphatic heterocycles. The molecule has 2 fully saturated rings. The van der Waals surface area contributed by atoms with E-state index >= 15 is 0 Å². The second kappa shape index (κ2) is 6.18. The largest absolute Gasteiger partial charge is 0.480 e. The number of hydrogen-bond donors (Lipinski definition) is 1. The molecule has 3 rings (SSSR count). The number of aliphatic carboxylic acids is 1. The SMILES string of the molecule is Cc1ccccc1CN1C(C(=O)O)CCC2CCCCC21. The van der Waals surface area contributed by atoms with Crippen LogP contribution in [0.4, 0.5) is 0 Å². The van der Waals surface area contributed by atoms with Crippen molar-refractivity contribution in [2.24, 2.45) is 5.92 Å². The second-order valence-electron chi connectivity index (χ2n) is 6.64. The molecule has 2 aliphatic rings. The number of fused-ring (bicyclic) bond motifs is 1. The van der Waals surface area contributed by atoms with Gasteiger partial charge in [0.15, 0.2) is 0 Å². The molecular formula is C18H25NO2. The van der Waals surface area contributed by atoms with Crippen LogP contribution in [0.5, 0.6) is 0 Å². The minimum Gasteiger partial charge on any atom is -0.480 e. The van der Waals surface area contributed by atoms with Gasteiger partial charge in [-0.2, -0.15) is 0 Å². The molecule has 21 heavy (non-hydrogen) atoms. The number of carboxylic acid groups (broad SMARTS) is 1. The van der Waals surface area contributed by atoms with Crippen molar-refractivity contribution in [3.05, 3.63) is 35.4 Å². The van der Waals surface area contributed by atoms with Crippen LogP contribution in [0.25, 0.3) is 0 Å². The standard InChI is InChI=1S/C18H25NO2/c1-13-6-2-3-8-15(13)12-19-16-9-5-4-7-14(16)10-11-17(19)18(20)21/h2-3,6,8,14,16-17H,4-5,7,9-12H2,1H3,(H,20,21). The average Bonchev–Trinajstić information content (AvgIpc) is 2.49. The van der Waals surface area contributed by atoms with Crippen molar-refractivity contribution < 1.29 is 9.90 Å². The van der Waals surface area contributed by atoms with Crippen molar-refractivity contribution in [2.75, 3.05) is 0 Å². The predicted octanol–water partition coefficient (Wildman–Crippen LogP) is 3.60. The lowest BCUT2D eigenvalue weighted by Gasteiger charge is -2.47. The van der Waals surface area contributed by atoms with E-state index in [2.05, 4.69) is 30.0 Å². The average molecular weight is 287 g/mol. The summed E-state index contributed by atoms with van der Waals surface area (Å²) in [6.45, 7) is 2.90. The van der Waals surface area contributed by atoms with Gasteiger partial charge in [-0.25, -0.2) is 0 Å². The van der Waals surface area contributed by atoms with Crippen LogP contribution in [0.3, 0.4) is 0 Å². The molecule has 1 N–H and O–H groups in total. The lowest BCUT2D eigenvalue weighted by Crippen LogP contribution is -2.54. The first-order valence-corrected chi connectivity index (χ1v) is 8.20. The van der Waals surface area contributed by atoms with E-state index in [4.69, 9.17) is 0 Å². The third-order valence-electron chi connectivity index (χ3n) is 5.41. The quantitative estimate of drug-likeness (QED) is 0.923. The number of carbonyl (C=O) groups is 1. The molecule has 1 saturated heterocycles. The molecule has 0 spiro atoms. The van der Waals surface area contributed by atoms with Crippen LogP contribution in [0.15, 0.2) is 24.3 Å². The molecule has 1 aromatic carbocycles. The Morgan fingerprint density at radius 1 is 1.19 bits per heavy atom. The van der Waals surface area contributed by atoms with Crippen LogP contribution in [-0.4, -0.2) is 28.1 Å². The highest BCUT2D eigenvalue weighted by molar-refractivity contribution is 5.73. The summed E-state index contributed by atoms with van der Waals surface area (Å²) in [5.74, 6) is 0.0611. The molecule has 1 heterocycles. The van der Waals surface area contributed by atoms with E-state index in [1.165, 1.54) is 36.8 Å². The van der Waals surface area contributed by atoms with Gasteiger partial charge in [0.2, 0.25) is 0 Å². The Bertz CT molecular complexity index is 514. The highest BCUT2D eigenvalue weighted by Crippen LogP contribution is 2.38. The maximum Gasteiger partial charge on any atom is 0.320 e. The zero-order chi connectivity index (χ0) is 14.8. The van der Waals surface area contributed by atoms with Crippen LogP contribution in [0.1, 0.15) is 49.7 Å². The van der Waals surface area contributed by atoms with Gasteiger partial charge in [0, 0.05) is 12.6 Å². The number of rotatable bonds is 3. The van der Waals surface area contributed by atoms with Crippen LogP contribution >= 0.6 is 0 Å². The number of hydrogen-bond acceptors (Lipinski definition) is 2. The van der Waals surface area contributed by atoms with Gasteiger partial charge in [-0.3, -0.25) is 9.69 Å². The number of piperidine rings is 1. The van der Waals surface area contributed by atoms with E-state index in [9.17, 15) is 9.90 Å². The predicted molar refractivity (Wildman–Crippen MR) is 83.1 cm³/mol. The number of aryl methyl sites for hydroxylation is 1. The molecule has 0 bridgehead atoms. The van der Waals surface area contributed by atoms with Crippen LogP contribution < -0.4 is 0 Å². The Hall–Kier alpha value is -1.35. The topological polar surface area (TPSA) is 40.5 Å². The zero-order valence-corrected chi connectivity index (χ0v) is 12.8. The van der Waals surface area contributed by atoms with Gasteiger partial charge in [0.25, 0.3) is 0 Å². The van der Waals surface area contributed by atoms with Crippen molar-refractivity contribution in [1.82, 2.24) is 4.90 Å². The van der Waals surface area contributed by atoms with E-state index in [1.54, 1.807) is 0 Å². The molecular weight excluding hydrogens is 262 g/mol. The maximum absolute atomic E-state index is 11.7. The summed E-state index contributed by atoms with van der Waals surface area (Å²) >= 11 is 0. The van der Waals surface area contributed by atoms with Crippen molar-refractivity contribution in [3.63, 3.8) is 0 Å². The molecule has 1 aromatic rings. The molecule has 1 aliphatic carbocycles. The summed E-state index contributed by atoms with van der Waals surface area (Å²) in [6.07, 6.45) is 6.91. The fourth-order valence-electron chi connectivity index (χ4n) is 4.21. The first-order chi connectivity index (χ1) is 10.2. The molecule has 3 nitrogen and oxygen atoms in total. The number of benzene rings is 1. The highest BCUT2D eigenvalue weighted by atomic mass is 16.4. The number of carboxylic acids is 1. The minimum atomic E-state index is -0.646. The maximum atomic E-state index is 11.7. The summed E-state index contributed by atoms with van der Waals surface area (Å²) in [7, 11) is 0. The fraction of sp³-hybridized carbons (Fsp3) is 0.611. The van der Waals surface area contributed by atoms with Crippen molar-refractivity contribution in [3.8, 4) is 0 Å². The van der Waals surface area contributed by atoms with Crippen LogP contribution in [0, 0.1) is 12.8 Å². The molecule has 3 unspecified atom stereocenters. The Balaban J connectivity index is 1.85. The third kappa shape index (κ3) is 2.98. The molecule has 114 valence electrons. The monoisotopic (exact) mass is 287 g/mol. The van der Waals surface area contributed by atoms with E-state index in [0.29, 0.717) is 12.0 Å². The normalized spacial score (nSPS) is 29.9. The van der Waals surface area contributed by atoms with Gasteiger partial charge in [-0.1, -0.05) is 37.1 Å². The first kappa shape index (κ1) is 14.6. The smallest absolute Gasteiger partial charge is 0.320 e. The summed E-state index contributed by atoms with van der Waals surface area (Å²) in [5, 5.41) is 9.60. The lowest BCUT2D eigenvalue weighted by molar-refractivity contribution is -0.148. The van der Waals surface area contributed by atoms with E-state index in [1.807, 2.05) is 6.07 Å². The summed E-state index contributed by atoms with van der Waals surface area (Å²) in [4.78, 5) is 14.0. The molecule has 0 radical (unpaired) electrons. The third-order valence-corrected chi connectivity index (χ3v) is 5.41. The number of nitrogens with zero attached hydrogens (tertiary/aromatic N) is 1. The molecule has 1 saturated carbocycles. The van der Waals surface area contributed by atoms with Crippen molar-refractivity contribution in [2.45, 2.75) is 64.1 Å². The zero-order valence-electron chi connectivity index (χ0n) is 12.8. The Morgan fingerprint density at radius 2 is 1.95 bits per heavy atom. The van der Waals surface area contributed by atoms with Crippen LogP contribution in [-0.2, 0) is 11.3 Å². The molecule has 3 atom stereocenters. The highest BCUT2D eigenvalue weighted by Gasteiger charge is 2.41. The van der Waals surface area contributed by atoms with E-state index in [0.717, 1.165) is 19.4 Å². The second-order valence-corrected chi connectivity index (χ2v) is 6.64. The number of likely N-dealkylation sites (tertiary alicyclic amines) is 1. The summed E-state index contributed by atoms with van der Waals surface area (Å²) in [5.41, 5.74) is 2.54. The van der Waals surface area contributed by atoms with Gasteiger partial charge < -0.3 is 5.11 Å². The Kier molecular flexibility index (Phi) is 4.29. The fourth-order valence-corrected chi connectivity index (χ4v) is 4.21. The first-order valence-electron chi connectivity index (χ1n) is 8.20. The Morgan fingerprint density at radius 3 is 2.71 bits per heavy atom. The van der Waals surface area contributed by atoms with Crippen molar-refractivity contribution in [1.29, 1.82) is 0 Å². The van der Waals surface area contributed by atoms with Gasteiger partial charge in [-0.15, -0.1) is 0 Å². The lowest BCUT2D eigenvalue weighted by atomic mass is 9.76. The molecule has 0 aromatic heterocycles. The van der Waals surface area contributed by atoms with Gasteiger partial charge in [0.05, 0.1) is 0 Å². The van der Waals surface area contributed by atoms with Gasteiger partial charge >= 0.3 is 5.97 Å². The van der Waals surface area contributed by atoms with Gasteiger partial charge in [-0.05, 0) is 49.7 Å². The Labute approximate surface area is 127 Å². The van der Waals surface area contributed by atoms with Crippen LogP contribution in [0.2, 0.25) is 0 Å². The van der Waals surface area contributed by atoms with E-state index < -0.39 is 5.97 Å². The molecule has 0 amide bonds. The van der Waals surface area contributed by atoms with Crippen molar-refractivity contribution >= 4 is 5.97 Å². The van der Waals surface area contributed by atoms with E-state index in [-0.39, 0.29) is 6.04 Å². The minimum absolute atomic E-state index is 0.302. The summed E-state index contributed by atoms with van der Waals surface area (Å²) in [6, 6.07) is 8.53.